The van der Waals surface area contributed by atoms with E-state index < -0.39 is 24.2 Å². The molecule has 1 aliphatic carbocycles. The molecule has 0 aliphatic heterocycles. The van der Waals surface area contributed by atoms with Gasteiger partial charge in [-0.1, -0.05) is 33.4 Å². The Labute approximate surface area is 200 Å². The lowest BCUT2D eigenvalue weighted by molar-refractivity contribution is -0.141. The van der Waals surface area contributed by atoms with Crippen molar-refractivity contribution in [1.29, 1.82) is 0 Å². The van der Waals surface area contributed by atoms with E-state index in [0.717, 1.165) is 12.8 Å². The lowest BCUT2D eigenvalue weighted by Gasteiger charge is -2.39. The average Bonchev–Trinajstić information content (AvgIpc) is 2.79. The number of ether oxygens (including phenoxy) is 6. The van der Waals surface area contributed by atoms with Gasteiger partial charge in [0, 0.05) is 17.1 Å². The molecule has 0 spiro atoms. The van der Waals surface area contributed by atoms with Gasteiger partial charge in [0.1, 0.15) is 26.4 Å². The fourth-order valence-electron chi connectivity index (χ4n) is 3.49. The molecule has 1 aliphatic rings. The Hall–Kier alpha value is -3.04. The van der Waals surface area contributed by atoms with Gasteiger partial charge < -0.3 is 28.4 Å². The minimum absolute atomic E-state index is 0.0238. The van der Waals surface area contributed by atoms with Crippen LogP contribution < -0.4 is 0 Å². The minimum Gasteiger partial charge on any atom is -0.459 e. The number of carbonyl (C=O) groups is 4. The number of rotatable bonds is 12. The number of hydrogen-bond acceptors (Lipinski definition) is 10. The molecular weight excluding hydrogens is 448 g/mol. The van der Waals surface area contributed by atoms with Crippen molar-refractivity contribution in [2.45, 2.75) is 40.5 Å². The smallest absolute Gasteiger partial charge is 0.459 e. The van der Waals surface area contributed by atoms with Gasteiger partial charge in [0.15, 0.2) is 0 Å². The highest BCUT2D eigenvalue weighted by Crippen LogP contribution is 2.39. The maximum Gasteiger partial charge on any atom is 0.508 e. The molecule has 0 amide bonds. The molecule has 0 saturated heterocycles. The SMILES string of the molecule is C=C(C)C(=O)OCCOC(=O)OCC1CCC(C)C(C)C1COC(=O)OCCOC(=O)C(=C)C. The number of carbonyl (C=O) groups excluding carboxylic acids is 4. The molecule has 4 unspecified atom stereocenters. The predicted molar refractivity (Wildman–Crippen MR) is 121 cm³/mol. The zero-order valence-corrected chi connectivity index (χ0v) is 20.5. The molecule has 10 nitrogen and oxygen atoms in total. The van der Waals surface area contributed by atoms with Gasteiger partial charge in [-0.05, 0) is 38.0 Å². The first kappa shape index (κ1) is 29.0. The average molecular weight is 485 g/mol. The summed E-state index contributed by atoms with van der Waals surface area (Å²) in [6, 6.07) is 0. The summed E-state index contributed by atoms with van der Waals surface area (Å²) in [4.78, 5) is 46.4. The van der Waals surface area contributed by atoms with Crippen molar-refractivity contribution < 1.29 is 47.6 Å². The van der Waals surface area contributed by atoms with Crippen LogP contribution in [-0.4, -0.2) is 63.9 Å². The Kier molecular flexibility index (Phi) is 12.8. The Morgan fingerprint density at radius 1 is 0.676 bits per heavy atom. The minimum atomic E-state index is -0.861. The van der Waals surface area contributed by atoms with Crippen LogP contribution in [0.2, 0.25) is 0 Å². The van der Waals surface area contributed by atoms with E-state index in [-0.39, 0.29) is 68.5 Å². The number of esters is 2. The number of hydrogen-bond donors (Lipinski definition) is 0. The van der Waals surface area contributed by atoms with Gasteiger partial charge in [-0.3, -0.25) is 0 Å². The van der Waals surface area contributed by atoms with E-state index in [2.05, 4.69) is 27.0 Å². The molecule has 1 fully saturated rings. The van der Waals surface area contributed by atoms with Crippen LogP contribution in [0.5, 0.6) is 0 Å². The van der Waals surface area contributed by atoms with Gasteiger partial charge in [-0.15, -0.1) is 0 Å². The molecule has 0 aromatic rings. The summed E-state index contributed by atoms with van der Waals surface area (Å²) in [5.41, 5.74) is 0.512. The molecule has 0 heterocycles. The van der Waals surface area contributed by atoms with Crippen molar-refractivity contribution in [2.75, 3.05) is 39.6 Å². The van der Waals surface area contributed by atoms with Crippen molar-refractivity contribution in [3.05, 3.63) is 24.3 Å². The standard InChI is InChI=1S/C24H36O10/c1-15(2)21(25)29-9-11-31-23(27)33-13-19-8-7-17(5)18(6)20(19)14-34-24(28)32-12-10-30-22(26)16(3)4/h17-20H,1,3,7-14H2,2,4-6H3. The van der Waals surface area contributed by atoms with E-state index in [9.17, 15) is 19.2 Å². The van der Waals surface area contributed by atoms with Gasteiger partial charge in [-0.2, -0.15) is 0 Å². The topological polar surface area (TPSA) is 124 Å². The van der Waals surface area contributed by atoms with Crippen molar-refractivity contribution in [3.8, 4) is 0 Å². The summed E-state index contributed by atoms with van der Waals surface area (Å²) in [7, 11) is 0. The first-order chi connectivity index (χ1) is 16.0. The van der Waals surface area contributed by atoms with Crippen LogP contribution in [0.3, 0.4) is 0 Å². The van der Waals surface area contributed by atoms with E-state index in [0.29, 0.717) is 5.92 Å². The second-order valence-electron chi connectivity index (χ2n) is 8.49. The first-order valence-electron chi connectivity index (χ1n) is 11.3. The Bertz CT molecular complexity index is 744. The lowest BCUT2D eigenvalue weighted by atomic mass is 9.68. The highest BCUT2D eigenvalue weighted by Gasteiger charge is 2.36. The molecule has 34 heavy (non-hydrogen) atoms. The van der Waals surface area contributed by atoms with E-state index in [1.165, 1.54) is 13.8 Å². The molecule has 1 rings (SSSR count). The fourth-order valence-corrected chi connectivity index (χ4v) is 3.49. The lowest BCUT2D eigenvalue weighted by Crippen LogP contribution is -2.38. The molecule has 0 bridgehead atoms. The second kappa shape index (κ2) is 15.0. The van der Waals surface area contributed by atoms with E-state index in [1.54, 1.807) is 0 Å². The summed E-state index contributed by atoms with van der Waals surface area (Å²) >= 11 is 0. The predicted octanol–water partition coefficient (Wildman–Crippen LogP) is 3.83. The van der Waals surface area contributed by atoms with Crippen molar-refractivity contribution in [3.63, 3.8) is 0 Å². The molecule has 192 valence electrons. The van der Waals surface area contributed by atoms with Crippen LogP contribution in [0.25, 0.3) is 0 Å². The zero-order valence-electron chi connectivity index (χ0n) is 20.5. The van der Waals surface area contributed by atoms with Gasteiger partial charge in [0.25, 0.3) is 0 Å². The molecule has 0 aromatic carbocycles. The third kappa shape index (κ3) is 10.7. The summed E-state index contributed by atoms with van der Waals surface area (Å²) in [6.45, 7) is 13.9. The molecule has 0 radical (unpaired) electrons. The normalized spacial score (nSPS) is 21.5. The van der Waals surface area contributed by atoms with Gasteiger partial charge >= 0.3 is 24.2 Å². The summed E-state index contributed by atoms with van der Waals surface area (Å²) in [5, 5.41) is 0. The largest absolute Gasteiger partial charge is 0.508 e. The van der Waals surface area contributed by atoms with Crippen molar-refractivity contribution in [1.82, 2.24) is 0 Å². The Balaban J connectivity index is 2.40. The molecule has 10 heteroatoms. The summed E-state index contributed by atoms with van der Waals surface area (Å²) < 4.78 is 30.0. The highest BCUT2D eigenvalue weighted by atomic mass is 16.7. The van der Waals surface area contributed by atoms with E-state index in [4.69, 9.17) is 28.4 Å². The van der Waals surface area contributed by atoms with E-state index >= 15 is 0 Å². The van der Waals surface area contributed by atoms with Crippen molar-refractivity contribution >= 4 is 24.2 Å². The van der Waals surface area contributed by atoms with Crippen LogP contribution in [0.4, 0.5) is 9.59 Å². The van der Waals surface area contributed by atoms with Crippen molar-refractivity contribution in [2.24, 2.45) is 23.7 Å². The van der Waals surface area contributed by atoms with Crippen LogP contribution >= 0.6 is 0 Å². The monoisotopic (exact) mass is 484 g/mol. The Morgan fingerprint density at radius 2 is 1.12 bits per heavy atom. The molecule has 1 saturated carbocycles. The van der Waals surface area contributed by atoms with Gasteiger partial charge in [0.2, 0.25) is 0 Å². The van der Waals surface area contributed by atoms with Crippen LogP contribution in [0.1, 0.15) is 40.5 Å². The third-order valence-electron chi connectivity index (χ3n) is 5.75. The highest BCUT2D eigenvalue weighted by molar-refractivity contribution is 5.87. The second-order valence-corrected chi connectivity index (χ2v) is 8.49. The summed E-state index contributed by atoms with van der Waals surface area (Å²) in [6.07, 6.45) is 0.0339. The quantitative estimate of drug-likeness (QED) is 0.175. The fraction of sp³-hybridized carbons (Fsp3) is 0.667. The maximum atomic E-state index is 11.9. The van der Waals surface area contributed by atoms with Gasteiger partial charge in [0.05, 0.1) is 13.2 Å². The van der Waals surface area contributed by atoms with Crippen LogP contribution in [-0.2, 0) is 38.0 Å². The zero-order chi connectivity index (χ0) is 25.7. The molecular formula is C24H36O10. The molecule has 0 aromatic heterocycles. The van der Waals surface area contributed by atoms with Crippen LogP contribution in [0, 0.1) is 23.7 Å². The van der Waals surface area contributed by atoms with Crippen LogP contribution in [0.15, 0.2) is 24.3 Å². The Morgan fingerprint density at radius 3 is 1.59 bits per heavy atom. The van der Waals surface area contributed by atoms with Gasteiger partial charge in [-0.25, -0.2) is 19.2 Å². The first-order valence-corrected chi connectivity index (χ1v) is 11.3. The summed E-state index contributed by atoms with van der Waals surface area (Å²) in [5.74, 6) is -0.541. The third-order valence-corrected chi connectivity index (χ3v) is 5.75. The molecule has 0 N–H and O–H groups in total. The van der Waals surface area contributed by atoms with E-state index in [1.807, 2.05) is 0 Å². The molecule has 4 atom stereocenters. The maximum absolute atomic E-state index is 11.9.